The average Bonchev–Trinajstić information content (AvgIpc) is 2.06. The SMILES string of the molecule is C=COC1=C(O)C(=O)C=CC1=O. The molecule has 0 aromatic rings. The molecule has 0 heterocycles. The van der Waals surface area contributed by atoms with Crippen molar-refractivity contribution in [1.82, 2.24) is 0 Å². The van der Waals surface area contributed by atoms with Gasteiger partial charge in [-0.25, -0.2) is 0 Å². The number of hydrogen-bond donors (Lipinski definition) is 1. The van der Waals surface area contributed by atoms with E-state index in [4.69, 9.17) is 5.11 Å². The lowest BCUT2D eigenvalue weighted by Crippen LogP contribution is -2.14. The van der Waals surface area contributed by atoms with Crippen LogP contribution in [0.4, 0.5) is 0 Å². The summed E-state index contributed by atoms with van der Waals surface area (Å²) in [5.41, 5.74) is 0. The summed E-state index contributed by atoms with van der Waals surface area (Å²) in [7, 11) is 0. The van der Waals surface area contributed by atoms with Crippen LogP contribution in [0, 0.1) is 0 Å². The van der Waals surface area contributed by atoms with Gasteiger partial charge in [-0.15, -0.1) is 0 Å². The summed E-state index contributed by atoms with van der Waals surface area (Å²) in [5.74, 6) is -2.25. The molecule has 0 saturated carbocycles. The van der Waals surface area contributed by atoms with Gasteiger partial charge in [-0.3, -0.25) is 9.59 Å². The van der Waals surface area contributed by atoms with E-state index in [1.807, 2.05) is 0 Å². The minimum atomic E-state index is -0.678. The number of carbonyl (C=O) groups is 2. The number of ether oxygens (including phenoxy) is 1. The van der Waals surface area contributed by atoms with Crippen molar-refractivity contribution >= 4 is 11.6 Å². The number of hydrogen-bond acceptors (Lipinski definition) is 4. The van der Waals surface area contributed by atoms with Crippen LogP contribution in [0.15, 0.2) is 36.5 Å². The summed E-state index contributed by atoms with van der Waals surface area (Å²) in [6.45, 7) is 3.19. The predicted octanol–water partition coefficient (Wildman–Crippen LogP) is 0.624. The lowest BCUT2D eigenvalue weighted by atomic mass is 10.1. The van der Waals surface area contributed by atoms with E-state index in [1.165, 1.54) is 0 Å². The molecule has 0 aliphatic heterocycles. The van der Waals surface area contributed by atoms with Gasteiger partial charge in [0.25, 0.3) is 0 Å². The fraction of sp³-hybridized carbons (Fsp3) is 0. The van der Waals surface area contributed by atoms with Crippen LogP contribution in [0.2, 0.25) is 0 Å². The van der Waals surface area contributed by atoms with E-state index in [1.54, 1.807) is 0 Å². The van der Waals surface area contributed by atoms with Gasteiger partial charge in [0.05, 0.1) is 6.26 Å². The number of aliphatic hydroxyl groups is 1. The number of rotatable bonds is 2. The molecule has 0 aromatic carbocycles. The molecular weight excluding hydrogens is 160 g/mol. The van der Waals surface area contributed by atoms with Gasteiger partial charge in [0.15, 0.2) is 0 Å². The summed E-state index contributed by atoms with van der Waals surface area (Å²) in [5, 5.41) is 9.02. The molecule has 0 amide bonds. The Morgan fingerprint density at radius 2 is 1.92 bits per heavy atom. The molecule has 1 aliphatic rings. The normalized spacial score (nSPS) is 16.7. The smallest absolute Gasteiger partial charge is 0.225 e. The maximum absolute atomic E-state index is 10.9. The third-order valence-electron chi connectivity index (χ3n) is 1.26. The number of ketones is 2. The van der Waals surface area contributed by atoms with E-state index in [-0.39, 0.29) is 5.76 Å². The minimum absolute atomic E-state index is 0.377. The second-order valence-corrected chi connectivity index (χ2v) is 2.02. The second kappa shape index (κ2) is 3.04. The quantitative estimate of drug-likeness (QED) is 0.482. The van der Waals surface area contributed by atoms with Gasteiger partial charge < -0.3 is 9.84 Å². The van der Waals surface area contributed by atoms with Crippen molar-refractivity contribution in [2.45, 2.75) is 0 Å². The summed E-state index contributed by atoms with van der Waals surface area (Å²) in [6.07, 6.45) is 2.98. The van der Waals surface area contributed by atoms with Crippen molar-refractivity contribution in [2.75, 3.05) is 0 Å². The van der Waals surface area contributed by atoms with Gasteiger partial charge >= 0.3 is 0 Å². The molecule has 0 bridgehead atoms. The molecule has 62 valence electrons. The van der Waals surface area contributed by atoms with Crippen molar-refractivity contribution in [2.24, 2.45) is 0 Å². The Morgan fingerprint density at radius 3 is 2.50 bits per heavy atom. The molecule has 1 rings (SSSR count). The Balaban J connectivity index is 3.05. The second-order valence-electron chi connectivity index (χ2n) is 2.02. The van der Waals surface area contributed by atoms with E-state index in [2.05, 4.69) is 11.3 Å². The van der Waals surface area contributed by atoms with Crippen LogP contribution in [0.3, 0.4) is 0 Å². The predicted molar refractivity (Wildman–Crippen MR) is 40.1 cm³/mol. The van der Waals surface area contributed by atoms with Crippen LogP contribution in [-0.2, 0) is 14.3 Å². The highest BCUT2D eigenvalue weighted by Crippen LogP contribution is 2.12. The standard InChI is InChI=1S/C8H6O4/c1-2-12-8-6(10)4-3-5(9)7(8)11/h2-4,11H,1H2. The third-order valence-corrected chi connectivity index (χ3v) is 1.26. The lowest BCUT2D eigenvalue weighted by Gasteiger charge is -2.07. The Kier molecular flexibility index (Phi) is 2.09. The first kappa shape index (κ1) is 8.26. The van der Waals surface area contributed by atoms with E-state index >= 15 is 0 Å². The van der Waals surface area contributed by atoms with E-state index in [9.17, 15) is 9.59 Å². The summed E-state index contributed by atoms with van der Waals surface area (Å²) < 4.78 is 4.55. The molecule has 4 heteroatoms. The van der Waals surface area contributed by atoms with Crippen LogP contribution >= 0.6 is 0 Å². The van der Waals surface area contributed by atoms with Gasteiger partial charge in [-0.1, -0.05) is 6.58 Å². The molecule has 0 aromatic heterocycles. The third kappa shape index (κ3) is 1.27. The maximum Gasteiger partial charge on any atom is 0.225 e. The highest BCUT2D eigenvalue weighted by atomic mass is 16.5. The van der Waals surface area contributed by atoms with Crippen molar-refractivity contribution in [3.05, 3.63) is 36.5 Å². The zero-order valence-electron chi connectivity index (χ0n) is 6.11. The molecule has 0 saturated heterocycles. The van der Waals surface area contributed by atoms with Gasteiger partial charge in [-0.05, 0) is 12.2 Å². The van der Waals surface area contributed by atoms with E-state index in [0.717, 1.165) is 18.4 Å². The maximum atomic E-state index is 10.9. The van der Waals surface area contributed by atoms with Crippen molar-refractivity contribution in [3.63, 3.8) is 0 Å². The van der Waals surface area contributed by atoms with Gasteiger partial charge in [0, 0.05) is 0 Å². The zero-order chi connectivity index (χ0) is 9.14. The summed E-state index contributed by atoms with van der Waals surface area (Å²) in [4.78, 5) is 21.7. The van der Waals surface area contributed by atoms with Crippen molar-refractivity contribution in [3.8, 4) is 0 Å². The van der Waals surface area contributed by atoms with Gasteiger partial charge in [0.2, 0.25) is 23.1 Å². The van der Waals surface area contributed by atoms with Crippen molar-refractivity contribution in [1.29, 1.82) is 0 Å². The number of carbonyl (C=O) groups excluding carboxylic acids is 2. The van der Waals surface area contributed by atoms with Crippen LogP contribution in [0.1, 0.15) is 0 Å². The summed E-state index contributed by atoms with van der Waals surface area (Å²) in [6, 6.07) is 0. The highest BCUT2D eigenvalue weighted by Gasteiger charge is 2.22. The molecule has 4 nitrogen and oxygen atoms in total. The largest absolute Gasteiger partial charge is 0.501 e. The topological polar surface area (TPSA) is 63.6 Å². The summed E-state index contributed by atoms with van der Waals surface area (Å²) >= 11 is 0. The zero-order valence-corrected chi connectivity index (χ0v) is 6.11. The van der Waals surface area contributed by atoms with Gasteiger partial charge in [-0.2, -0.15) is 0 Å². The molecule has 0 unspecified atom stereocenters. The molecule has 12 heavy (non-hydrogen) atoms. The van der Waals surface area contributed by atoms with Crippen LogP contribution in [0.25, 0.3) is 0 Å². The Labute approximate surface area is 68.5 Å². The first-order chi connectivity index (χ1) is 5.66. The van der Waals surface area contributed by atoms with E-state index in [0.29, 0.717) is 0 Å². The van der Waals surface area contributed by atoms with Crippen LogP contribution in [-0.4, -0.2) is 16.7 Å². The highest BCUT2D eigenvalue weighted by molar-refractivity contribution is 6.18. The Morgan fingerprint density at radius 1 is 1.33 bits per heavy atom. The molecule has 0 atom stereocenters. The fourth-order valence-corrected chi connectivity index (χ4v) is 0.732. The first-order valence-electron chi connectivity index (χ1n) is 3.14. The first-order valence-corrected chi connectivity index (χ1v) is 3.14. The molecule has 1 aliphatic carbocycles. The van der Waals surface area contributed by atoms with Gasteiger partial charge in [0.1, 0.15) is 0 Å². The molecule has 0 spiro atoms. The minimum Gasteiger partial charge on any atom is -0.501 e. The average molecular weight is 166 g/mol. The molecule has 1 N–H and O–H groups in total. The number of allylic oxidation sites excluding steroid dienone is 2. The fourth-order valence-electron chi connectivity index (χ4n) is 0.732. The van der Waals surface area contributed by atoms with E-state index < -0.39 is 17.3 Å². The Bertz CT molecular complexity index is 309. The molecular formula is C8H6O4. The number of aliphatic hydroxyl groups excluding tert-OH is 1. The lowest BCUT2D eigenvalue weighted by molar-refractivity contribution is -0.118. The van der Waals surface area contributed by atoms with Crippen molar-refractivity contribution < 1.29 is 19.4 Å². The Hall–Kier alpha value is -1.84. The molecule has 0 radical (unpaired) electrons. The molecule has 0 fully saturated rings. The monoisotopic (exact) mass is 166 g/mol. The van der Waals surface area contributed by atoms with Crippen LogP contribution in [0.5, 0.6) is 0 Å². The van der Waals surface area contributed by atoms with Crippen LogP contribution < -0.4 is 0 Å².